The molecule has 1 aliphatic rings. The summed E-state index contributed by atoms with van der Waals surface area (Å²) in [7, 11) is 0. The third-order valence-corrected chi connectivity index (χ3v) is 7.21. The van der Waals surface area contributed by atoms with Crippen LogP contribution in [0, 0.1) is 5.92 Å². The van der Waals surface area contributed by atoms with Crippen LogP contribution in [0.2, 0.25) is 0 Å². The number of likely N-dealkylation sites (tertiary alicyclic amines) is 1. The minimum absolute atomic E-state index is 0.0938. The van der Waals surface area contributed by atoms with E-state index < -0.39 is 5.97 Å². The van der Waals surface area contributed by atoms with Crippen molar-refractivity contribution in [2.24, 2.45) is 5.92 Å². The van der Waals surface area contributed by atoms with Crippen molar-refractivity contribution in [3.8, 4) is 5.75 Å². The maximum atomic E-state index is 11.4. The van der Waals surface area contributed by atoms with E-state index in [1.165, 1.54) is 10.4 Å². The van der Waals surface area contributed by atoms with Gasteiger partial charge < -0.3 is 9.84 Å². The summed E-state index contributed by atoms with van der Waals surface area (Å²) in [4.78, 5) is 15.0. The normalized spacial score (nSPS) is 16.3. The van der Waals surface area contributed by atoms with Gasteiger partial charge in [0.05, 0.1) is 15.7 Å². The molecule has 1 aliphatic heterocycles. The zero-order valence-corrected chi connectivity index (χ0v) is 18.9. The fourth-order valence-electron chi connectivity index (χ4n) is 3.95. The van der Waals surface area contributed by atoms with Crippen LogP contribution in [-0.2, 0) is 11.4 Å². The lowest BCUT2D eigenvalue weighted by Gasteiger charge is -2.36. The molecular formula is C24H24BrNO3S. The molecule has 0 saturated carbocycles. The molecule has 30 heavy (non-hydrogen) atoms. The first kappa shape index (κ1) is 21.1. The van der Waals surface area contributed by atoms with Crippen LogP contribution in [0.5, 0.6) is 5.75 Å². The van der Waals surface area contributed by atoms with E-state index in [0.717, 1.165) is 28.2 Å². The molecule has 156 valence electrons. The Hall–Kier alpha value is -2.15. The SMILES string of the molecule is O=C(O)C1CCN(C(c2cccc(OCc3ccccc3)c2)c2ccc(Br)s2)CC1. The molecule has 0 amide bonds. The monoisotopic (exact) mass is 485 g/mol. The van der Waals surface area contributed by atoms with Crippen molar-refractivity contribution in [2.75, 3.05) is 13.1 Å². The summed E-state index contributed by atoms with van der Waals surface area (Å²) in [5.74, 6) is -0.0729. The second kappa shape index (κ2) is 9.77. The quantitative estimate of drug-likeness (QED) is 0.447. The molecular weight excluding hydrogens is 462 g/mol. The average Bonchev–Trinajstić information content (AvgIpc) is 3.19. The number of ether oxygens (including phenoxy) is 1. The number of benzene rings is 2. The smallest absolute Gasteiger partial charge is 0.306 e. The highest BCUT2D eigenvalue weighted by atomic mass is 79.9. The number of piperidine rings is 1. The first-order chi connectivity index (χ1) is 14.6. The van der Waals surface area contributed by atoms with Gasteiger partial charge in [-0.3, -0.25) is 9.69 Å². The topological polar surface area (TPSA) is 49.8 Å². The molecule has 6 heteroatoms. The van der Waals surface area contributed by atoms with E-state index in [2.05, 4.69) is 57.2 Å². The van der Waals surface area contributed by atoms with E-state index in [1.807, 2.05) is 30.3 Å². The number of carbonyl (C=O) groups is 1. The van der Waals surface area contributed by atoms with Gasteiger partial charge in [-0.1, -0.05) is 42.5 Å². The van der Waals surface area contributed by atoms with Crippen LogP contribution < -0.4 is 4.74 Å². The Morgan fingerprint density at radius 3 is 2.53 bits per heavy atom. The molecule has 1 aromatic heterocycles. The van der Waals surface area contributed by atoms with Gasteiger partial charge in [0.2, 0.25) is 0 Å². The fraction of sp³-hybridized carbons (Fsp3) is 0.292. The van der Waals surface area contributed by atoms with Gasteiger partial charge in [0.15, 0.2) is 0 Å². The third-order valence-electron chi connectivity index (χ3n) is 5.53. The molecule has 0 spiro atoms. The molecule has 0 aliphatic carbocycles. The van der Waals surface area contributed by atoms with Gasteiger partial charge in [0.25, 0.3) is 0 Å². The number of carboxylic acids is 1. The highest BCUT2D eigenvalue weighted by Crippen LogP contribution is 2.38. The van der Waals surface area contributed by atoms with E-state index in [9.17, 15) is 9.90 Å². The van der Waals surface area contributed by atoms with Crippen LogP contribution in [0.1, 0.15) is 34.9 Å². The second-order valence-electron chi connectivity index (χ2n) is 7.54. The molecule has 0 bridgehead atoms. The molecule has 1 fully saturated rings. The van der Waals surface area contributed by atoms with Crippen LogP contribution in [0.25, 0.3) is 0 Å². The summed E-state index contributed by atoms with van der Waals surface area (Å²) < 4.78 is 7.15. The van der Waals surface area contributed by atoms with Crippen molar-refractivity contribution >= 4 is 33.2 Å². The predicted octanol–water partition coefficient (Wildman–Crippen LogP) is 5.98. The average molecular weight is 486 g/mol. The lowest BCUT2D eigenvalue weighted by Crippen LogP contribution is -2.39. The summed E-state index contributed by atoms with van der Waals surface area (Å²) in [5, 5.41) is 9.35. The van der Waals surface area contributed by atoms with E-state index in [0.29, 0.717) is 19.4 Å². The van der Waals surface area contributed by atoms with Crippen LogP contribution in [0.15, 0.2) is 70.5 Å². The molecule has 1 N–H and O–H groups in total. The Labute approximate surface area is 189 Å². The van der Waals surface area contributed by atoms with Crippen LogP contribution in [0.3, 0.4) is 0 Å². The van der Waals surface area contributed by atoms with Gasteiger partial charge in [-0.15, -0.1) is 11.3 Å². The van der Waals surface area contributed by atoms with Gasteiger partial charge in [-0.2, -0.15) is 0 Å². The van der Waals surface area contributed by atoms with Crippen LogP contribution in [0.4, 0.5) is 0 Å². The molecule has 4 rings (SSSR count). The summed E-state index contributed by atoms with van der Waals surface area (Å²) >= 11 is 5.31. The van der Waals surface area contributed by atoms with Gasteiger partial charge in [0.1, 0.15) is 12.4 Å². The molecule has 2 aromatic carbocycles. The number of halogens is 1. The van der Waals surface area contributed by atoms with E-state index in [4.69, 9.17) is 4.74 Å². The molecule has 1 unspecified atom stereocenters. The minimum atomic E-state index is -0.679. The maximum Gasteiger partial charge on any atom is 0.306 e. The highest BCUT2D eigenvalue weighted by Gasteiger charge is 2.31. The summed E-state index contributed by atoms with van der Waals surface area (Å²) in [6.07, 6.45) is 1.37. The molecule has 3 aromatic rings. The number of hydrogen-bond acceptors (Lipinski definition) is 4. The Morgan fingerprint density at radius 1 is 1.10 bits per heavy atom. The second-order valence-corrected chi connectivity index (χ2v) is 10.0. The molecule has 0 radical (unpaired) electrons. The number of hydrogen-bond donors (Lipinski definition) is 1. The zero-order chi connectivity index (χ0) is 20.9. The fourth-order valence-corrected chi connectivity index (χ4v) is 5.54. The van der Waals surface area contributed by atoms with Gasteiger partial charge in [-0.05, 0) is 77.3 Å². The van der Waals surface area contributed by atoms with E-state index in [-0.39, 0.29) is 12.0 Å². The maximum absolute atomic E-state index is 11.4. The van der Waals surface area contributed by atoms with Crippen LogP contribution >= 0.6 is 27.3 Å². The minimum Gasteiger partial charge on any atom is -0.489 e. The first-order valence-electron chi connectivity index (χ1n) is 10.1. The Kier molecular flexibility index (Phi) is 6.87. The summed E-state index contributed by atoms with van der Waals surface area (Å²) in [6, 6.07) is 22.7. The van der Waals surface area contributed by atoms with Gasteiger partial charge in [-0.25, -0.2) is 0 Å². The van der Waals surface area contributed by atoms with Crippen LogP contribution in [-0.4, -0.2) is 29.1 Å². The largest absolute Gasteiger partial charge is 0.489 e. The third kappa shape index (κ3) is 5.12. The number of carboxylic acid groups (broad SMARTS) is 1. The predicted molar refractivity (Wildman–Crippen MR) is 123 cm³/mol. The molecule has 1 saturated heterocycles. The number of thiophene rings is 1. The lowest BCUT2D eigenvalue weighted by molar-refractivity contribution is -0.143. The van der Waals surface area contributed by atoms with Crippen molar-refractivity contribution in [3.63, 3.8) is 0 Å². The van der Waals surface area contributed by atoms with Gasteiger partial charge >= 0.3 is 5.97 Å². The molecule has 2 heterocycles. The van der Waals surface area contributed by atoms with E-state index in [1.54, 1.807) is 11.3 Å². The van der Waals surface area contributed by atoms with Crippen molar-refractivity contribution in [1.29, 1.82) is 0 Å². The number of aliphatic carboxylic acids is 1. The molecule has 4 nitrogen and oxygen atoms in total. The van der Waals surface area contributed by atoms with Crippen molar-refractivity contribution in [2.45, 2.75) is 25.5 Å². The van der Waals surface area contributed by atoms with Crippen molar-refractivity contribution in [3.05, 3.63) is 86.5 Å². The Bertz CT molecular complexity index is 983. The van der Waals surface area contributed by atoms with Crippen molar-refractivity contribution in [1.82, 2.24) is 4.90 Å². The van der Waals surface area contributed by atoms with Crippen molar-refractivity contribution < 1.29 is 14.6 Å². The lowest BCUT2D eigenvalue weighted by atomic mass is 9.93. The first-order valence-corrected chi connectivity index (χ1v) is 11.7. The van der Waals surface area contributed by atoms with E-state index >= 15 is 0 Å². The number of rotatable bonds is 7. The highest BCUT2D eigenvalue weighted by molar-refractivity contribution is 9.11. The molecule has 1 atom stereocenters. The standard InChI is InChI=1S/C24H24BrNO3S/c25-22-10-9-21(30-22)23(26-13-11-18(12-14-26)24(27)28)19-7-4-8-20(15-19)29-16-17-5-2-1-3-6-17/h1-10,15,18,23H,11-14,16H2,(H,27,28). The summed E-state index contributed by atoms with van der Waals surface area (Å²) in [6.45, 7) is 2.07. The van der Waals surface area contributed by atoms with Gasteiger partial charge in [0, 0.05) is 4.88 Å². The zero-order valence-electron chi connectivity index (χ0n) is 16.5. The number of nitrogens with zero attached hydrogens (tertiary/aromatic N) is 1. The summed E-state index contributed by atoms with van der Waals surface area (Å²) in [5.41, 5.74) is 2.31. The Balaban J connectivity index is 1.56. The Morgan fingerprint density at radius 2 is 1.87 bits per heavy atom.